The van der Waals surface area contributed by atoms with Gasteiger partial charge in [-0.3, -0.25) is 0 Å². The molecule has 0 aliphatic carbocycles. The van der Waals surface area contributed by atoms with Gasteiger partial charge in [-0.25, -0.2) is 0 Å². The van der Waals surface area contributed by atoms with E-state index in [0.717, 1.165) is 5.56 Å². The molecular weight excluding hydrogens is 176 g/mol. The third-order valence-electron chi connectivity index (χ3n) is 2.29. The highest BCUT2D eigenvalue weighted by Crippen LogP contribution is 2.10. The Balaban J connectivity index is 2.29. The van der Waals surface area contributed by atoms with Gasteiger partial charge in [0.05, 0.1) is 18.8 Å². The summed E-state index contributed by atoms with van der Waals surface area (Å²) in [4.78, 5) is 0. The molecule has 0 amide bonds. The highest BCUT2D eigenvalue weighted by atomic mass is 16.5. The van der Waals surface area contributed by atoms with Crippen LogP contribution in [0.4, 0.5) is 0 Å². The van der Waals surface area contributed by atoms with Gasteiger partial charge in [0, 0.05) is 0 Å². The van der Waals surface area contributed by atoms with E-state index in [4.69, 9.17) is 4.74 Å². The van der Waals surface area contributed by atoms with Crippen molar-refractivity contribution in [2.45, 2.75) is 32.5 Å². The molecule has 14 heavy (non-hydrogen) atoms. The maximum Gasteiger partial charge on any atom is 0.0849 e. The SMILES string of the molecule is CCC(C)(O)COCc1ccccc1. The zero-order valence-electron chi connectivity index (χ0n) is 8.86. The molecule has 0 fully saturated rings. The van der Waals surface area contributed by atoms with Gasteiger partial charge in [-0.2, -0.15) is 0 Å². The summed E-state index contributed by atoms with van der Waals surface area (Å²) in [5.41, 5.74) is 0.439. The van der Waals surface area contributed by atoms with Crippen LogP contribution >= 0.6 is 0 Å². The van der Waals surface area contributed by atoms with E-state index in [1.54, 1.807) is 6.92 Å². The van der Waals surface area contributed by atoms with Crippen LogP contribution in [0, 0.1) is 0 Å². The summed E-state index contributed by atoms with van der Waals surface area (Å²) in [6.45, 7) is 4.69. The van der Waals surface area contributed by atoms with E-state index in [1.807, 2.05) is 37.3 Å². The van der Waals surface area contributed by atoms with E-state index in [-0.39, 0.29) is 0 Å². The molecule has 0 spiro atoms. The molecule has 1 N–H and O–H groups in total. The standard InChI is InChI=1S/C12H18O2/c1-3-12(2,13)10-14-9-11-7-5-4-6-8-11/h4-8,13H,3,9-10H2,1-2H3. The van der Waals surface area contributed by atoms with E-state index in [9.17, 15) is 5.11 Å². The van der Waals surface area contributed by atoms with Crippen molar-refractivity contribution in [2.24, 2.45) is 0 Å². The van der Waals surface area contributed by atoms with Crippen LogP contribution in [0.2, 0.25) is 0 Å². The summed E-state index contributed by atoms with van der Waals surface area (Å²) < 4.78 is 5.43. The highest BCUT2D eigenvalue weighted by molar-refractivity contribution is 5.13. The van der Waals surface area contributed by atoms with Crippen LogP contribution < -0.4 is 0 Å². The zero-order valence-corrected chi connectivity index (χ0v) is 8.86. The van der Waals surface area contributed by atoms with Crippen molar-refractivity contribution in [1.29, 1.82) is 0 Å². The van der Waals surface area contributed by atoms with Crippen molar-refractivity contribution in [3.05, 3.63) is 35.9 Å². The van der Waals surface area contributed by atoms with E-state index >= 15 is 0 Å². The monoisotopic (exact) mass is 194 g/mol. The fourth-order valence-electron chi connectivity index (χ4n) is 1.07. The molecule has 1 aromatic rings. The minimum atomic E-state index is -0.700. The van der Waals surface area contributed by atoms with Gasteiger partial charge in [0.1, 0.15) is 0 Å². The maximum atomic E-state index is 9.68. The van der Waals surface area contributed by atoms with Crippen molar-refractivity contribution >= 4 is 0 Å². The van der Waals surface area contributed by atoms with Gasteiger partial charge < -0.3 is 9.84 Å². The zero-order chi connectivity index (χ0) is 10.4. The smallest absolute Gasteiger partial charge is 0.0849 e. The molecular formula is C12H18O2. The highest BCUT2D eigenvalue weighted by Gasteiger charge is 2.17. The van der Waals surface area contributed by atoms with E-state index < -0.39 is 5.60 Å². The molecule has 0 saturated carbocycles. The molecule has 2 heteroatoms. The largest absolute Gasteiger partial charge is 0.388 e. The summed E-state index contributed by atoms with van der Waals surface area (Å²) in [6, 6.07) is 9.97. The first-order valence-electron chi connectivity index (χ1n) is 4.98. The third kappa shape index (κ3) is 3.90. The molecule has 0 aliphatic heterocycles. The van der Waals surface area contributed by atoms with Gasteiger partial charge in [-0.1, -0.05) is 37.3 Å². The van der Waals surface area contributed by atoms with Crippen LogP contribution in [0.5, 0.6) is 0 Å². The first-order valence-corrected chi connectivity index (χ1v) is 4.98. The molecule has 0 saturated heterocycles. The molecule has 1 rings (SSSR count). The molecule has 0 radical (unpaired) electrons. The first kappa shape index (κ1) is 11.2. The molecule has 1 atom stereocenters. The Morgan fingerprint density at radius 3 is 2.50 bits per heavy atom. The van der Waals surface area contributed by atoms with Gasteiger partial charge in [-0.15, -0.1) is 0 Å². The third-order valence-corrected chi connectivity index (χ3v) is 2.29. The fraction of sp³-hybridized carbons (Fsp3) is 0.500. The minimum Gasteiger partial charge on any atom is -0.388 e. The van der Waals surface area contributed by atoms with Crippen molar-refractivity contribution < 1.29 is 9.84 Å². The Morgan fingerprint density at radius 2 is 1.93 bits per heavy atom. The molecule has 0 aromatic heterocycles. The van der Waals surface area contributed by atoms with Crippen molar-refractivity contribution in [3.8, 4) is 0 Å². The average Bonchev–Trinajstić information content (AvgIpc) is 2.19. The number of ether oxygens (including phenoxy) is 1. The van der Waals surface area contributed by atoms with E-state index in [1.165, 1.54) is 0 Å². The topological polar surface area (TPSA) is 29.5 Å². The Hall–Kier alpha value is -0.860. The minimum absolute atomic E-state index is 0.387. The lowest BCUT2D eigenvalue weighted by Gasteiger charge is -2.20. The second-order valence-corrected chi connectivity index (χ2v) is 3.83. The summed E-state index contributed by atoms with van der Waals surface area (Å²) in [6.07, 6.45) is 0.710. The summed E-state index contributed by atoms with van der Waals surface area (Å²) >= 11 is 0. The van der Waals surface area contributed by atoms with Crippen LogP contribution in [0.25, 0.3) is 0 Å². The summed E-state index contributed by atoms with van der Waals surface area (Å²) in [5.74, 6) is 0. The van der Waals surface area contributed by atoms with Crippen LogP contribution in [0.15, 0.2) is 30.3 Å². The Bertz CT molecular complexity index is 254. The van der Waals surface area contributed by atoms with Crippen LogP contribution in [0.1, 0.15) is 25.8 Å². The van der Waals surface area contributed by atoms with Gasteiger partial charge in [0.25, 0.3) is 0 Å². The Labute approximate surface area is 85.5 Å². The molecule has 2 nitrogen and oxygen atoms in total. The summed E-state index contributed by atoms with van der Waals surface area (Å²) in [5, 5.41) is 9.68. The van der Waals surface area contributed by atoms with Crippen LogP contribution in [-0.4, -0.2) is 17.3 Å². The maximum absolute atomic E-state index is 9.68. The molecule has 0 bridgehead atoms. The predicted molar refractivity (Wildman–Crippen MR) is 57.0 cm³/mol. The van der Waals surface area contributed by atoms with Crippen LogP contribution in [0.3, 0.4) is 0 Å². The second-order valence-electron chi connectivity index (χ2n) is 3.83. The van der Waals surface area contributed by atoms with Crippen molar-refractivity contribution in [3.63, 3.8) is 0 Å². The number of hydrogen-bond donors (Lipinski definition) is 1. The van der Waals surface area contributed by atoms with Gasteiger partial charge in [-0.05, 0) is 18.9 Å². The first-order chi connectivity index (χ1) is 6.64. The molecule has 1 unspecified atom stereocenters. The van der Waals surface area contributed by atoms with E-state index in [0.29, 0.717) is 19.6 Å². The Morgan fingerprint density at radius 1 is 1.29 bits per heavy atom. The quantitative estimate of drug-likeness (QED) is 0.779. The lowest BCUT2D eigenvalue weighted by Crippen LogP contribution is -2.29. The predicted octanol–water partition coefficient (Wildman–Crippen LogP) is 2.36. The van der Waals surface area contributed by atoms with Crippen molar-refractivity contribution in [1.82, 2.24) is 0 Å². The molecule has 0 aliphatic rings. The average molecular weight is 194 g/mol. The summed E-state index contributed by atoms with van der Waals surface area (Å²) in [7, 11) is 0. The normalized spacial score (nSPS) is 15.1. The molecule has 1 aromatic carbocycles. The fourth-order valence-corrected chi connectivity index (χ4v) is 1.07. The number of hydrogen-bond acceptors (Lipinski definition) is 2. The molecule has 78 valence electrons. The lowest BCUT2D eigenvalue weighted by atomic mass is 10.1. The Kier molecular flexibility index (Phi) is 4.11. The number of aliphatic hydroxyl groups is 1. The lowest BCUT2D eigenvalue weighted by molar-refractivity contribution is -0.0413. The van der Waals surface area contributed by atoms with Gasteiger partial charge >= 0.3 is 0 Å². The molecule has 0 heterocycles. The van der Waals surface area contributed by atoms with Crippen LogP contribution in [-0.2, 0) is 11.3 Å². The number of benzene rings is 1. The van der Waals surface area contributed by atoms with E-state index in [2.05, 4.69) is 0 Å². The van der Waals surface area contributed by atoms with Crippen molar-refractivity contribution in [2.75, 3.05) is 6.61 Å². The van der Waals surface area contributed by atoms with Gasteiger partial charge in [0.2, 0.25) is 0 Å². The second kappa shape index (κ2) is 5.13. The van der Waals surface area contributed by atoms with Gasteiger partial charge in [0.15, 0.2) is 0 Å². The number of rotatable bonds is 5.